The molecule has 1 amide bonds. The van der Waals surface area contributed by atoms with Crippen LogP contribution in [0.5, 0.6) is 5.75 Å². The van der Waals surface area contributed by atoms with Gasteiger partial charge in [0.15, 0.2) is 0 Å². The summed E-state index contributed by atoms with van der Waals surface area (Å²) in [6.07, 6.45) is 0.254. The van der Waals surface area contributed by atoms with Gasteiger partial charge in [-0.1, -0.05) is 0 Å². The van der Waals surface area contributed by atoms with Crippen LogP contribution in [0, 0.1) is 0 Å². The number of esters is 1. The maximum absolute atomic E-state index is 11.6. The van der Waals surface area contributed by atoms with E-state index >= 15 is 0 Å². The van der Waals surface area contributed by atoms with Crippen molar-refractivity contribution >= 4 is 17.6 Å². The van der Waals surface area contributed by atoms with Crippen molar-refractivity contribution in [3.63, 3.8) is 0 Å². The molecular formula is C14H20N2O4. The molecule has 0 atom stereocenters. The Morgan fingerprint density at radius 3 is 2.50 bits per heavy atom. The SMILES string of the molecule is CCOC(=O)CCNCC(=O)Nc1ccc(OC)cc1. The number of methoxy groups -OCH3 is 1. The van der Waals surface area contributed by atoms with Gasteiger partial charge in [-0.15, -0.1) is 0 Å². The van der Waals surface area contributed by atoms with Gasteiger partial charge in [0.25, 0.3) is 0 Å². The number of carbonyl (C=O) groups is 2. The van der Waals surface area contributed by atoms with Gasteiger partial charge in [-0.2, -0.15) is 0 Å². The van der Waals surface area contributed by atoms with Crippen molar-refractivity contribution in [2.24, 2.45) is 0 Å². The monoisotopic (exact) mass is 280 g/mol. The quantitative estimate of drug-likeness (QED) is 0.552. The van der Waals surface area contributed by atoms with Gasteiger partial charge >= 0.3 is 5.97 Å². The van der Waals surface area contributed by atoms with Gasteiger partial charge in [0.05, 0.1) is 26.7 Å². The van der Waals surface area contributed by atoms with Crippen LogP contribution in [0.1, 0.15) is 13.3 Å². The highest BCUT2D eigenvalue weighted by atomic mass is 16.5. The molecule has 0 bridgehead atoms. The van der Waals surface area contributed by atoms with Crippen LogP contribution in [0.25, 0.3) is 0 Å². The van der Waals surface area contributed by atoms with Crippen molar-refractivity contribution in [2.45, 2.75) is 13.3 Å². The third-order valence-corrected chi connectivity index (χ3v) is 2.47. The van der Waals surface area contributed by atoms with E-state index in [1.807, 2.05) is 0 Å². The molecule has 6 heteroatoms. The van der Waals surface area contributed by atoms with Gasteiger partial charge in [-0.25, -0.2) is 0 Å². The zero-order valence-corrected chi connectivity index (χ0v) is 11.8. The van der Waals surface area contributed by atoms with Crippen LogP contribution in [0.2, 0.25) is 0 Å². The average Bonchev–Trinajstić information content (AvgIpc) is 2.45. The zero-order chi connectivity index (χ0) is 14.8. The summed E-state index contributed by atoms with van der Waals surface area (Å²) in [6, 6.07) is 7.05. The van der Waals surface area contributed by atoms with Gasteiger partial charge in [0, 0.05) is 12.2 Å². The number of anilines is 1. The number of rotatable bonds is 8. The second kappa shape index (κ2) is 8.92. The minimum Gasteiger partial charge on any atom is -0.497 e. The van der Waals surface area contributed by atoms with E-state index in [1.165, 1.54) is 0 Å². The fourth-order valence-electron chi connectivity index (χ4n) is 1.51. The number of benzene rings is 1. The van der Waals surface area contributed by atoms with Crippen LogP contribution < -0.4 is 15.4 Å². The van der Waals surface area contributed by atoms with E-state index in [0.717, 1.165) is 5.75 Å². The van der Waals surface area contributed by atoms with Crippen LogP contribution in [0.4, 0.5) is 5.69 Å². The summed E-state index contributed by atoms with van der Waals surface area (Å²) in [5.74, 6) is 0.296. The molecule has 110 valence electrons. The fourth-order valence-corrected chi connectivity index (χ4v) is 1.51. The van der Waals surface area contributed by atoms with E-state index in [-0.39, 0.29) is 24.8 Å². The number of nitrogens with one attached hydrogen (secondary N) is 2. The lowest BCUT2D eigenvalue weighted by molar-refractivity contribution is -0.143. The molecule has 1 rings (SSSR count). The van der Waals surface area contributed by atoms with Gasteiger partial charge in [-0.3, -0.25) is 9.59 Å². The third-order valence-electron chi connectivity index (χ3n) is 2.47. The van der Waals surface area contributed by atoms with Gasteiger partial charge in [0.2, 0.25) is 5.91 Å². The minimum absolute atomic E-state index is 0.144. The van der Waals surface area contributed by atoms with Crippen LogP contribution >= 0.6 is 0 Å². The fraction of sp³-hybridized carbons (Fsp3) is 0.429. The first-order chi connectivity index (χ1) is 9.65. The lowest BCUT2D eigenvalue weighted by atomic mass is 10.3. The molecule has 0 saturated heterocycles. The number of hydrogen-bond acceptors (Lipinski definition) is 5. The standard InChI is InChI=1S/C14H20N2O4/c1-3-20-14(18)8-9-15-10-13(17)16-11-4-6-12(19-2)7-5-11/h4-7,15H,3,8-10H2,1-2H3,(H,16,17). The van der Waals surface area contributed by atoms with Crippen LogP contribution in [0.15, 0.2) is 24.3 Å². The number of amides is 1. The first-order valence-corrected chi connectivity index (χ1v) is 6.46. The maximum atomic E-state index is 11.6. The zero-order valence-electron chi connectivity index (χ0n) is 11.8. The first-order valence-electron chi connectivity index (χ1n) is 6.46. The first kappa shape index (κ1) is 16.0. The summed E-state index contributed by atoms with van der Waals surface area (Å²) in [7, 11) is 1.58. The van der Waals surface area contributed by atoms with E-state index in [0.29, 0.717) is 18.8 Å². The van der Waals surface area contributed by atoms with Crippen molar-refractivity contribution in [2.75, 3.05) is 32.1 Å². The Kier molecular flexibility index (Phi) is 7.13. The molecule has 6 nitrogen and oxygen atoms in total. The predicted octanol–water partition coefficient (Wildman–Crippen LogP) is 1.18. The van der Waals surface area contributed by atoms with E-state index in [2.05, 4.69) is 10.6 Å². The molecule has 0 radical (unpaired) electrons. The summed E-state index contributed by atoms with van der Waals surface area (Å²) in [5, 5.41) is 5.61. The second-order valence-electron chi connectivity index (χ2n) is 4.01. The topological polar surface area (TPSA) is 76.7 Å². The van der Waals surface area contributed by atoms with Crippen molar-refractivity contribution < 1.29 is 19.1 Å². The van der Waals surface area contributed by atoms with Crippen LogP contribution in [-0.4, -0.2) is 38.7 Å². The molecule has 2 N–H and O–H groups in total. The molecule has 0 fully saturated rings. The highest BCUT2D eigenvalue weighted by Gasteiger charge is 2.04. The summed E-state index contributed by atoms with van der Waals surface area (Å²) in [6.45, 7) is 2.69. The second-order valence-corrected chi connectivity index (χ2v) is 4.01. The Bertz CT molecular complexity index is 431. The number of hydrogen-bond donors (Lipinski definition) is 2. The number of ether oxygens (including phenoxy) is 2. The molecule has 0 aliphatic carbocycles. The van der Waals surface area contributed by atoms with Crippen molar-refractivity contribution in [3.8, 4) is 5.75 Å². The summed E-state index contributed by atoms with van der Waals surface area (Å²) < 4.78 is 9.80. The molecule has 20 heavy (non-hydrogen) atoms. The maximum Gasteiger partial charge on any atom is 0.307 e. The smallest absolute Gasteiger partial charge is 0.307 e. The Labute approximate surface area is 118 Å². The number of carbonyl (C=O) groups excluding carboxylic acids is 2. The van der Waals surface area contributed by atoms with Gasteiger partial charge in [-0.05, 0) is 31.2 Å². The summed E-state index contributed by atoms with van der Waals surface area (Å²) in [5.41, 5.74) is 0.697. The predicted molar refractivity (Wildman–Crippen MR) is 75.7 cm³/mol. The third kappa shape index (κ3) is 6.19. The Hall–Kier alpha value is -2.08. The van der Waals surface area contributed by atoms with E-state index in [4.69, 9.17) is 9.47 Å². The van der Waals surface area contributed by atoms with Gasteiger partial charge in [0.1, 0.15) is 5.75 Å². The lowest BCUT2D eigenvalue weighted by Gasteiger charge is -2.07. The van der Waals surface area contributed by atoms with Crippen LogP contribution in [-0.2, 0) is 14.3 Å². The molecular weight excluding hydrogens is 260 g/mol. The van der Waals surface area contributed by atoms with E-state index in [1.54, 1.807) is 38.3 Å². The highest BCUT2D eigenvalue weighted by Crippen LogP contribution is 2.14. The molecule has 0 heterocycles. The molecule has 0 aliphatic rings. The largest absolute Gasteiger partial charge is 0.497 e. The molecule has 0 spiro atoms. The minimum atomic E-state index is -0.268. The highest BCUT2D eigenvalue weighted by molar-refractivity contribution is 5.92. The van der Waals surface area contributed by atoms with Crippen molar-refractivity contribution in [1.29, 1.82) is 0 Å². The van der Waals surface area contributed by atoms with Gasteiger partial charge < -0.3 is 20.1 Å². The van der Waals surface area contributed by atoms with E-state index in [9.17, 15) is 9.59 Å². The lowest BCUT2D eigenvalue weighted by Crippen LogP contribution is -2.29. The molecule has 1 aromatic rings. The summed E-state index contributed by atoms with van der Waals surface area (Å²) in [4.78, 5) is 22.7. The molecule has 0 aliphatic heterocycles. The molecule has 1 aromatic carbocycles. The molecule has 0 saturated carbocycles. The average molecular weight is 280 g/mol. The van der Waals surface area contributed by atoms with Crippen LogP contribution in [0.3, 0.4) is 0 Å². The normalized spacial score (nSPS) is 9.90. The summed E-state index contributed by atoms with van der Waals surface area (Å²) >= 11 is 0. The Balaban J connectivity index is 2.21. The van der Waals surface area contributed by atoms with Crippen molar-refractivity contribution in [3.05, 3.63) is 24.3 Å². The Morgan fingerprint density at radius 2 is 1.90 bits per heavy atom. The molecule has 0 aromatic heterocycles. The van der Waals surface area contributed by atoms with E-state index < -0.39 is 0 Å². The molecule has 0 unspecified atom stereocenters. The van der Waals surface area contributed by atoms with Crippen molar-refractivity contribution in [1.82, 2.24) is 5.32 Å². The Morgan fingerprint density at radius 1 is 1.20 bits per heavy atom.